The summed E-state index contributed by atoms with van der Waals surface area (Å²) in [5.74, 6) is -0.292. The smallest absolute Gasteiger partial charge is 0.271 e. The Morgan fingerprint density at radius 2 is 2.00 bits per heavy atom. The first-order valence-electron chi connectivity index (χ1n) is 7.20. The zero-order chi connectivity index (χ0) is 17.5. The summed E-state index contributed by atoms with van der Waals surface area (Å²) in [4.78, 5) is 17.5. The van der Waals surface area contributed by atoms with Crippen LogP contribution in [0.1, 0.15) is 21.8 Å². The molecule has 24 heavy (non-hydrogen) atoms. The second-order valence-electron chi connectivity index (χ2n) is 5.59. The van der Waals surface area contributed by atoms with Gasteiger partial charge in [0.2, 0.25) is 0 Å². The van der Waals surface area contributed by atoms with Crippen LogP contribution in [0, 0.1) is 6.92 Å². The molecule has 2 heterocycles. The molecule has 3 rings (SSSR count). The Labute approximate surface area is 153 Å². The Kier molecular flexibility index (Phi) is 4.88. The average molecular weight is 405 g/mol. The molecule has 1 saturated heterocycles. The van der Waals surface area contributed by atoms with E-state index in [1.165, 1.54) is 11.3 Å². The molecule has 1 unspecified atom stereocenters. The van der Waals surface area contributed by atoms with Gasteiger partial charge in [-0.05, 0) is 25.5 Å². The number of carbonyl (C=O) groups is 1. The minimum Gasteiger partial charge on any atom is -0.347 e. The van der Waals surface area contributed by atoms with Crippen molar-refractivity contribution >= 4 is 50.3 Å². The second kappa shape index (κ2) is 6.63. The normalized spacial score (nSPS) is 19.4. The topological polar surface area (TPSA) is 76.1 Å². The first-order chi connectivity index (χ1) is 11.3. The van der Waals surface area contributed by atoms with Gasteiger partial charge in [-0.1, -0.05) is 29.3 Å². The van der Waals surface area contributed by atoms with Crippen molar-refractivity contribution in [1.29, 1.82) is 0 Å². The Hall–Kier alpha value is -1.15. The van der Waals surface area contributed by atoms with Crippen molar-refractivity contribution in [2.45, 2.75) is 19.4 Å². The zero-order valence-corrected chi connectivity index (χ0v) is 15.8. The highest BCUT2D eigenvalue weighted by Crippen LogP contribution is 2.37. The summed E-state index contributed by atoms with van der Waals surface area (Å²) in [6.07, 6.45) is 0.431. The summed E-state index contributed by atoms with van der Waals surface area (Å²) in [7, 11) is -3.05. The van der Waals surface area contributed by atoms with E-state index in [4.69, 9.17) is 23.2 Å². The van der Waals surface area contributed by atoms with Crippen molar-refractivity contribution in [3.63, 3.8) is 0 Å². The first kappa shape index (κ1) is 17.7. The Morgan fingerprint density at radius 3 is 2.58 bits per heavy atom. The fraction of sp³-hybridized carbons (Fsp3) is 0.333. The molecule has 0 aliphatic carbocycles. The molecule has 1 N–H and O–H groups in total. The number of nitrogens with zero attached hydrogens (tertiary/aromatic N) is 1. The van der Waals surface area contributed by atoms with Gasteiger partial charge in [-0.3, -0.25) is 4.79 Å². The molecular formula is C15H14Cl2N2O3S2. The highest BCUT2D eigenvalue weighted by atomic mass is 35.5. The average Bonchev–Trinajstić information content (AvgIpc) is 3.01. The van der Waals surface area contributed by atoms with E-state index in [1.54, 1.807) is 25.1 Å². The molecule has 0 bridgehead atoms. The van der Waals surface area contributed by atoms with Crippen molar-refractivity contribution in [1.82, 2.24) is 10.3 Å². The van der Waals surface area contributed by atoms with E-state index in [1.807, 2.05) is 0 Å². The molecule has 1 aliphatic heterocycles. The van der Waals surface area contributed by atoms with Gasteiger partial charge in [-0.25, -0.2) is 13.4 Å². The maximum absolute atomic E-state index is 12.4. The summed E-state index contributed by atoms with van der Waals surface area (Å²) in [5, 5.41) is 4.23. The van der Waals surface area contributed by atoms with Crippen LogP contribution >= 0.6 is 34.5 Å². The molecule has 5 nitrogen and oxygen atoms in total. The lowest BCUT2D eigenvalue weighted by Gasteiger charge is -2.09. The maximum Gasteiger partial charge on any atom is 0.271 e. The van der Waals surface area contributed by atoms with Gasteiger partial charge in [0.05, 0.1) is 21.6 Å². The largest absolute Gasteiger partial charge is 0.347 e. The third-order valence-electron chi connectivity index (χ3n) is 3.76. The lowest BCUT2D eigenvalue weighted by Crippen LogP contribution is -2.36. The van der Waals surface area contributed by atoms with Gasteiger partial charge in [0.25, 0.3) is 5.91 Å². The predicted octanol–water partition coefficient (Wildman–Crippen LogP) is 3.34. The van der Waals surface area contributed by atoms with E-state index in [0.717, 1.165) is 4.88 Å². The van der Waals surface area contributed by atoms with Crippen molar-refractivity contribution in [3.8, 4) is 10.6 Å². The summed E-state index contributed by atoms with van der Waals surface area (Å²) < 4.78 is 23.0. The predicted molar refractivity (Wildman–Crippen MR) is 96.8 cm³/mol. The molecule has 0 radical (unpaired) electrons. The number of aromatic nitrogens is 1. The number of nitrogens with one attached hydrogen (secondary N) is 1. The van der Waals surface area contributed by atoms with Crippen molar-refractivity contribution in [2.24, 2.45) is 0 Å². The van der Waals surface area contributed by atoms with Gasteiger partial charge in [-0.15, -0.1) is 11.3 Å². The maximum atomic E-state index is 12.4. The molecule has 1 aliphatic rings. The molecule has 0 saturated carbocycles. The van der Waals surface area contributed by atoms with E-state index < -0.39 is 9.84 Å². The number of aryl methyl sites for hydroxylation is 1. The standard InChI is InChI=1S/C15H14Cl2N2O3S2/c1-8-13(14(20)18-9-5-6-24(21,22)7-9)19-15(23-8)12-10(16)3-2-4-11(12)17/h2-4,9H,5-7H2,1H3,(H,18,20). The molecule has 128 valence electrons. The van der Waals surface area contributed by atoms with Crippen molar-refractivity contribution in [3.05, 3.63) is 38.8 Å². The van der Waals surface area contributed by atoms with E-state index in [2.05, 4.69) is 10.3 Å². The number of amides is 1. The summed E-state index contributed by atoms with van der Waals surface area (Å²) in [5.41, 5.74) is 0.867. The van der Waals surface area contributed by atoms with E-state index in [0.29, 0.717) is 27.0 Å². The van der Waals surface area contributed by atoms with E-state index in [-0.39, 0.29) is 29.1 Å². The van der Waals surface area contributed by atoms with E-state index >= 15 is 0 Å². The summed E-state index contributed by atoms with van der Waals surface area (Å²) in [6.45, 7) is 1.78. The molecule has 1 amide bonds. The van der Waals surface area contributed by atoms with Gasteiger partial charge >= 0.3 is 0 Å². The zero-order valence-electron chi connectivity index (χ0n) is 12.7. The molecule has 2 aromatic rings. The summed E-state index contributed by atoms with van der Waals surface area (Å²) >= 11 is 13.7. The van der Waals surface area contributed by atoms with Crippen LogP contribution in [0.25, 0.3) is 10.6 Å². The number of hydrogen-bond acceptors (Lipinski definition) is 5. The number of benzene rings is 1. The monoisotopic (exact) mass is 404 g/mol. The lowest BCUT2D eigenvalue weighted by atomic mass is 10.2. The SMILES string of the molecule is Cc1sc(-c2c(Cl)cccc2Cl)nc1C(=O)NC1CCS(=O)(=O)C1. The van der Waals surface area contributed by atoms with Crippen LogP contribution in [0.3, 0.4) is 0 Å². The lowest BCUT2D eigenvalue weighted by molar-refractivity contribution is 0.0936. The fourth-order valence-electron chi connectivity index (χ4n) is 2.58. The minimum atomic E-state index is -3.05. The number of hydrogen-bond donors (Lipinski definition) is 1. The number of rotatable bonds is 3. The molecule has 1 aromatic carbocycles. The van der Waals surface area contributed by atoms with Gasteiger partial charge in [0.15, 0.2) is 9.84 Å². The second-order valence-corrected chi connectivity index (χ2v) is 9.84. The van der Waals surface area contributed by atoms with Gasteiger partial charge in [0, 0.05) is 16.5 Å². The highest BCUT2D eigenvalue weighted by molar-refractivity contribution is 7.91. The molecule has 1 atom stereocenters. The summed E-state index contributed by atoms with van der Waals surface area (Å²) in [6, 6.07) is 4.80. The molecular weight excluding hydrogens is 391 g/mol. The molecule has 1 aromatic heterocycles. The minimum absolute atomic E-state index is 0.0227. The Morgan fingerprint density at radius 1 is 1.33 bits per heavy atom. The number of carbonyl (C=O) groups excluding carboxylic acids is 1. The Bertz CT molecular complexity index is 889. The van der Waals surface area contributed by atoms with Crippen LogP contribution in [0.15, 0.2) is 18.2 Å². The number of sulfone groups is 1. The molecule has 1 fully saturated rings. The van der Waals surface area contributed by atoms with Crippen LogP contribution in [-0.4, -0.2) is 36.9 Å². The van der Waals surface area contributed by atoms with Crippen LogP contribution in [-0.2, 0) is 9.84 Å². The molecule has 0 spiro atoms. The van der Waals surface area contributed by atoms with Gasteiger partial charge in [0.1, 0.15) is 10.7 Å². The number of halogens is 2. The quantitative estimate of drug-likeness (QED) is 0.850. The number of thiazole rings is 1. The van der Waals surface area contributed by atoms with Crippen LogP contribution in [0.5, 0.6) is 0 Å². The Balaban J connectivity index is 1.85. The van der Waals surface area contributed by atoms with Crippen molar-refractivity contribution in [2.75, 3.05) is 11.5 Å². The third-order valence-corrected chi connectivity index (χ3v) is 7.14. The third kappa shape index (κ3) is 3.59. The van der Waals surface area contributed by atoms with Crippen molar-refractivity contribution < 1.29 is 13.2 Å². The van der Waals surface area contributed by atoms with Crippen LogP contribution < -0.4 is 5.32 Å². The highest BCUT2D eigenvalue weighted by Gasteiger charge is 2.30. The van der Waals surface area contributed by atoms with Crippen LogP contribution in [0.4, 0.5) is 0 Å². The van der Waals surface area contributed by atoms with E-state index in [9.17, 15) is 13.2 Å². The molecule has 9 heteroatoms. The van der Waals surface area contributed by atoms with Gasteiger partial charge in [-0.2, -0.15) is 0 Å². The van der Waals surface area contributed by atoms with Gasteiger partial charge < -0.3 is 5.32 Å². The first-order valence-corrected chi connectivity index (χ1v) is 10.6. The fourth-order valence-corrected chi connectivity index (χ4v) is 5.92. The van der Waals surface area contributed by atoms with Crippen LogP contribution in [0.2, 0.25) is 10.0 Å².